The van der Waals surface area contributed by atoms with E-state index in [9.17, 15) is 17.6 Å². The molecule has 7 heteroatoms. The molecule has 0 radical (unpaired) electrons. The topological polar surface area (TPSA) is 24.4 Å². The predicted octanol–water partition coefficient (Wildman–Crippen LogP) is 2.36. The van der Waals surface area contributed by atoms with E-state index >= 15 is 0 Å². The Bertz CT molecular complexity index is 291. The molecule has 0 amide bonds. The van der Waals surface area contributed by atoms with E-state index < -0.39 is 18.9 Å². The molecule has 1 atom stereocenters. The fraction of sp³-hybridized carbons (Fsp3) is 0.889. The minimum Gasteiger partial charge on any atom is -0.359 e. The second kappa shape index (κ2) is 4.43. The molecule has 1 heterocycles. The van der Waals surface area contributed by atoms with Crippen molar-refractivity contribution in [3.05, 3.63) is 0 Å². The number of rotatable bonds is 4. The molecular formula is C9H12F4N2S. The standard InChI is InChI=1S/C9H12F4N2S/c10-7(11)9(12,13)4-15-8-14-3-6(16-8)5-1-2-5/h5-7H,1-4H2,(H,14,15). The van der Waals surface area contributed by atoms with Crippen molar-refractivity contribution in [2.75, 3.05) is 13.1 Å². The molecule has 2 rings (SSSR count). The Morgan fingerprint density at radius 3 is 2.69 bits per heavy atom. The van der Waals surface area contributed by atoms with Crippen molar-refractivity contribution in [1.82, 2.24) is 5.32 Å². The van der Waals surface area contributed by atoms with Gasteiger partial charge in [-0.25, -0.2) is 8.78 Å². The van der Waals surface area contributed by atoms with E-state index in [1.54, 1.807) is 0 Å². The summed E-state index contributed by atoms with van der Waals surface area (Å²) in [5.74, 6) is -3.36. The van der Waals surface area contributed by atoms with Gasteiger partial charge >= 0.3 is 12.3 Å². The third-order valence-corrected chi connectivity index (χ3v) is 3.95. The van der Waals surface area contributed by atoms with Gasteiger partial charge in [-0.2, -0.15) is 8.78 Å². The lowest BCUT2D eigenvalue weighted by atomic mass is 10.3. The van der Waals surface area contributed by atoms with Crippen molar-refractivity contribution in [2.45, 2.75) is 30.4 Å². The first kappa shape index (κ1) is 12.0. The van der Waals surface area contributed by atoms with Gasteiger partial charge in [0, 0.05) is 5.25 Å². The molecule has 0 aromatic carbocycles. The van der Waals surface area contributed by atoms with Gasteiger partial charge in [-0.3, -0.25) is 4.99 Å². The number of amidine groups is 1. The van der Waals surface area contributed by atoms with Crippen LogP contribution in [0.15, 0.2) is 4.99 Å². The Hall–Kier alpha value is -0.460. The zero-order valence-corrected chi connectivity index (χ0v) is 9.24. The molecule has 1 saturated carbocycles. The van der Waals surface area contributed by atoms with E-state index in [2.05, 4.69) is 10.3 Å². The zero-order valence-electron chi connectivity index (χ0n) is 8.43. The Balaban J connectivity index is 1.74. The summed E-state index contributed by atoms with van der Waals surface area (Å²) in [5.41, 5.74) is 0. The normalized spacial score (nSPS) is 26.1. The van der Waals surface area contributed by atoms with Gasteiger partial charge in [0.1, 0.15) is 0 Å². The smallest absolute Gasteiger partial charge is 0.324 e. The summed E-state index contributed by atoms with van der Waals surface area (Å²) < 4.78 is 48.9. The summed E-state index contributed by atoms with van der Waals surface area (Å²) in [7, 11) is 0. The van der Waals surface area contributed by atoms with Crippen molar-refractivity contribution < 1.29 is 17.6 Å². The van der Waals surface area contributed by atoms with Crippen LogP contribution in [-0.4, -0.2) is 35.9 Å². The van der Waals surface area contributed by atoms with E-state index in [0.29, 0.717) is 22.9 Å². The lowest BCUT2D eigenvalue weighted by Crippen LogP contribution is -2.40. The van der Waals surface area contributed by atoms with Crippen LogP contribution in [0.3, 0.4) is 0 Å². The second-order valence-electron chi connectivity index (χ2n) is 4.05. The van der Waals surface area contributed by atoms with Gasteiger partial charge in [-0.1, -0.05) is 11.8 Å². The van der Waals surface area contributed by atoms with Crippen molar-refractivity contribution in [2.24, 2.45) is 10.9 Å². The van der Waals surface area contributed by atoms with Gasteiger partial charge in [0.25, 0.3) is 0 Å². The summed E-state index contributed by atoms with van der Waals surface area (Å²) in [6.07, 6.45) is -1.31. The maximum absolute atomic E-state index is 12.6. The van der Waals surface area contributed by atoms with Crippen LogP contribution in [0.25, 0.3) is 0 Å². The molecule has 1 aliphatic heterocycles. The highest BCUT2D eigenvalue weighted by Gasteiger charge is 2.41. The average Bonchev–Trinajstić information content (AvgIpc) is 2.95. The number of nitrogens with zero attached hydrogens (tertiary/aromatic N) is 1. The number of thioether (sulfide) groups is 1. The fourth-order valence-corrected chi connectivity index (χ4v) is 2.68. The number of nitrogens with one attached hydrogen (secondary N) is 1. The monoisotopic (exact) mass is 256 g/mol. The van der Waals surface area contributed by atoms with Crippen LogP contribution < -0.4 is 5.32 Å². The highest BCUT2D eigenvalue weighted by molar-refractivity contribution is 8.14. The first-order chi connectivity index (χ1) is 7.49. The first-order valence-corrected chi connectivity index (χ1v) is 5.98. The molecule has 92 valence electrons. The molecule has 1 N–H and O–H groups in total. The van der Waals surface area contributed by atoms with Crippen LogP contribution in [0, 0.1) is 5.92 Å². The molecule has 2 aliphatic rings. The SMILES string of the molecule is FC(F)C(F)(F)CNC1=NCC(C2CC2)S1. The van der Waals surface area contributed by atoms with Crippen LogP contribution in [0.2, 0.25) is 0 Å². The number of hydrogen-bond acceptors (Lipinski definition) is 3. The minimum atomic E-state index is -3.99. The van der Waals surface area contributed by atoms with E-state index in [-0.39, 0.29) is 0 Å². The fourth-order valence-electron chi connectivity index (χ4n) is 1.47. The first-order valence-electron chi connectivity index (χ1n) is 5.10. The molecule has 0 saturated heterocycles. The summed E-state index contributed by atoms with van der Waals surface area (Å²) in [4.78, 5) is 4.03. The molecule has 2 nitrogen and oxygen atoms in total. The Labute approximate surface area is 94.9 Å². The van der Waals surface area contributed by atoms with Gasteiger partial charge in [-0.05, 0) is 18.8 Å². The van der Waals surface area contributed by atoms with Crippen LogP contribution in [0.4, 0.5) is 17.6 Å². The van der Waals surface area contributed by atoms with Gasteiger partial charge < -0.3 is 5.32 Å². The molecule has 0 aromatic rings. The maximum atomic E-state index is 12.6. The quantitative estimate of drug-likeness (QED) is 0.781. The van der Waals surface area contributed by atoms with Crippen molar-refractivity contribution >= 4 is 16.9 Å². The third kappa shape index (κ3) is 2.81. The zero-order chi connectivity index (χ0) is 11.8. The largest absolute Gasteiger partial charge is 0.359 e. The van der Waals surface area contributed by atoms with E-state index in [1.165, 1.54) is 11.8 Å². The second-order valence-corrected chi connectivity index (χ2v) is 5.28. The van der Waals surface area contributed by atoms with Gasteiger partial charge in [0.05, 0.1) is 13.1 Å². The minimum absolute atomic E-state index is 0.350. The van der Waals surface area contributed by atoms with Crippen molar-refractivity contribution in [3.63, 3.8) is 0 Å². The number of hydrogen-bond donors (Lipinski definition) is 1. The number of halogens is 4. The summed E-state index contributed by atoms with van der Waals surface area (Å²) >= 11 is 1.39. The van der Waals surface area contributed by atoms with Crippen LogP contribution in [-0.2, 0) is 0 Å². The number of alkyl halides is 4. The summed E-state index contributed by atoms with van der Waals surface area (Å²) in [5, 5.41) is 3.02. The van der Waals surface area contributed by atoms with Crippen molar-refractivity contribution in [1.29, 1.82) is 0 Å². The van der Waals surface area contributed by atoms with Crippen LogP contribution in [0.1, 0.15) is 12.8 Å². The van der Waals surface area contributed by atoms with Crippen LogP contribution >= 0.6 is 11.8 Å². The summed E-state index contributed by atoms with van der Waals surface area (Å²) in [6.45, 7) is -0.439. The predicted molar refractivity (Wildman–Crippen MR) is 55.4 cm³/mol. The lowest BCUT2D eigenvalue weighted by Gasteiger charge is -2.16. The highest BCUT2D eigenvalue weighted by Crippen LogP contribution is 2.41. The van der Waals surface area contributed by atoms with Crippen LogP contribution in [0.5, 0.6) is 0 Å². The Morgan fingerprint density at radius 2 is 2.12 bits per heavy atom. The molecule has 16 heavy (non-hydrogen) atoms. The third-order valence-electron chi connectivity index (χ3n) is 2.62. The van der Waals surface area contributed by atoms with Gasteiger partial charge in [0.2, 0.25) is 0 Å². The van der Waals surface area contributed by atoms with Gasteiger partial charge in [-0.15, -0.1) is 0 Å². The van der Waals surface area contributed by atoms with E-state index in [4.69, 9.17) is 0 Å². The molecule has 0 spiro atoms. The molecular weight excluding hydrogens is 244 g/mol. The number of aliphatic imine (C=N–C) groups is 1. The summed E-state index contributed by atoms with van der Waals surface area (Å²) in [6, 6.07) is 0. The lowest BCUT2D eigenvalue weighted by molar-refractivity contribution is -0.122. The van der Waals surface area contributed by atoms with Gasteiger partial charge in [0.15, 0.2) is 5.17 Å². The molecule has 0 bridgehead atoms. The highest BCUT2D eigenvalue weighted by atomic mass is 32.2. The van der Waals surface area contributed by atoms with E-state index in [0.717, 1.165) is 12.8 Å². The molecule has 1 aliphatic carbocycles. The van der Waals surface area contributed by atoms with E-state index in [1.807, 2.05) is 0 Å². The Kier molecular flexibility index (Phi) is 3.32. The molecule has 1 fully saturated rings. The molecule has 1 unspecified atom stereocenters. The maximum Gasteiger partial charge on any atom is 0.324 e. The average molecular weight is 256 g/mol. The van der Waals surface area contributed by atoms with Crippen molar-refractivity contribution in [3.8, 4) is 0 Å². The Morgan fingerprint density at radius 1 is 1.44 bits per heavy atom. The molecule has 0 aromatic heterocycles.